The number of nitrogens with zero attached hydrogens (tertiary/aromatic N) is 2. The first-order valence-corrected chi connectivity index (χ1v) is 9.56. The highest BCUT2D eigenvalue weighted by Gasteiger charge is 2.30. The fourth-order valence-corrected chi connectivity index (χ4v) is 3.99. The van der Waals surface area contributed by atoms with E-state index >= 15 is 0 Å². The summed E-state index contributed by atoms with van der Waals surface area (Å²) in [5.74, 6) is 2.26. The summed E-state index contributed by atoms with van der Waals surface area (Å²) in [5.41, 5.74) is 1.12. The summed E-state index contributed by atoms with van der Waals surface area (Å²) in [4.78, 5) is 17.2. The van der Waals surface area contributed by atoms with Gasteiger partial charge in [-0.1, -0.05) is 0 Å². The standard InChI is InChI=1S/C20H31N3O3/c1-15-12-16(6-7-21-15)20(24)23-10-8-22(9-11-23)14-17-13-18(25-2)4-5-19(17)26-3/h4-5,13,15-16,21H,6-12,14H2,1-3H3/t15-,16-/m0/s1. The minimum absolute atomic E-state index is 0.191. The molecule has 0 spiro atoms. The number of nitrogens with one attached hydrogen (secondary N) is 1. The van der Waals surface area contributed by atoms with Crippen molar-refractivity contribution < 1.29 is 14.3 Å². The number of ether oxygens (including phenoxy) is 2. The van der Waals surface area contributed by atoms with Crippen molar-refractivity contribution in [1.82, 2.24) is 15.1 Å². The molecule has 2 aliphatic rings. The Hall–Kier alpha value is -1.79. The lowest BCUT2D eigenvalue weighted by Gasteiger charge is -2.38. The van der Waals surface area contributed by atoms with Crippen LogP contribution >= 0.6 is 0 Å². The molecule has 1 aromatic rings. The molecular weight excluding hydrogens is 330 g/mol. The zero-order chi connectivity index (χ0) is 18.5. The molecule has 2 aliphatic heterocycles. The lowest BCUT2D eigenvalue weighted by Crippen LogP contribution is -2.51. The molecular formula is C20H31N3O3. The number of hydrogen-bond donors (Lipinski definition) is 1. The molecule has 1 N–H and O–H groups in total. The summed E-state index contributed by atoms with van der Waals surface area (Å²) in [5, 5.41) is 3.42. The van der Waals surface area contributed by atoms with Crippen LogP contribution in [0.25, 0.3) is 0 Å². The predicted molar refractivity (Wildman–Crippen MR) is 102 cm³/mol. The fraction of sp³-hybridized carbons (Fsp3) is 0.650. The van der Waals surface area contributed by atoms with Crippen LogP contribution in [0.2, 0.25) is 0 Å². The maximum Gasteiger partial charge on any atom is 0.225 e. The largest absolute Gasteiger partial charge is 0.497 e. The number of carbonyl (C=O) groups excluding carboxylic acids is 1. The summed E-state index contributed by atoms with van der Waals surface area (Å²) >= 11 is 0. The topological polar surface area (TPSA) is 54.0 Å². The molecule has 6 heteroatoms. The average molecular weight is 361 g/mol. The molecule has 2 atom stereocenters. The Bertz CT molecular complexity index is 614. The van der Waals surface area contributed by atoms with Gasteiger partial charge in [0.1, 0.15) is 11.5 Å². The van der Waals surface area contributed by atoms with E-state index in [9.17, 15) is 4.79 Å². The number of carbonyl (C=O) groups is 1. The van der Waals surface area contributed by atoms with Crippen LogP contribution in [0.1, 0.15) is 25.3 Å². The normalized spacial score (nSPS) is 24.3. The van der Waals surface area contributed by atoms with Gasteiger partial charge in [0.05, 0.1) is 14.2 Å². The van der Waals surface area contributed by atoms with E-state index in [-0.39, 0.29) is 5.92 Å². The van der Waals surface area contributed by atoms with E-state index in [0.29, 0.717) is 11.9 Å². The Labute approximate surface area is 156 Å². The van der Waals surface area contributed by atoms with Gasteiger partial charge in [0.15, 0.2) is 0 Å². The minimum atomic E-state index is 0.191. The van der Waals surface area contributed by atoms with Crippen molar-refractivity contribution in [2.24, 2.45) is 5.92 Å². The van der Waals surface area contributed by atoms with Crippen molar-refractivity contribution in [3.8, 4) is 11.5 Å². The molecule has 0 radical (unpaired) electrons. The van der Waals surface area contributed by atoms with Gasteiger partial charge in [-0.05, 0) is 44.5 Å². The van der Waals surface area contributed by atoms with E-state index in [0.717, 1.165) is 69.2 Å². The number of benzene rings is 1. The molecule has 6 nitrogen and oxygen atoms in total. The first-order valence-electron chi connectivity index (χ1n) is 9.56. The highest BCUT2D eigenvalue weighted by Crippen LogP contribution is 2.26. The number of rotatable bonds is 5. The van der Waals surface area contributed by atoms with Gasteiger partial charge in [0.2, 0.25) is 5.91 Å². The summed E-state index contributed by atoms with van der Waals surface area (Å²) in [7, 11) is 3.37. The Morgan fingerprint density at radius 3 is 2.62 bits per heavy atom. The molecule has 26 heavy (non-hydrogen) atoms. The van der Waals surface area contributed by atoms with Crippen molar-refractivity contribution in [2.75, 3.05) is 46.9 Å². The van der Waals surface area contributed by atoms with Crippen molar-refractivity contribution in [2.45, 2.75) is 32.4 Å². The highest BCUT2D eigenvalue weighted by molar-refractivity contribution is 5.79. The van der Waals surface area contributed by atoms with Crippen LogP contribution in [0, 0.1) is 5.92 Å². The van der Waals surface area contributed by atoms with Gasteiger partial charge in [-0.15, -0.1) is 0 Å². The molecule has 2 heterocycles. The quantitative estimate of drug-likeness (QED) is 0.866. The molecule has 0 unspecified atom stereocenters. The number of piperidine rings is 1. The van der Waals surface area contributed by atoms with Gasteiger partial charge in [0.25, 0.3) is 0 Å². The minimum Gasteiger partial charge on any atom is -0.497 e. The Morgan fingerprint density at radius 2 is 1.96 bits per heavy atom. The molecule has 1 aromatic carbocycles. The van der Waals surface area contributed by atoms with Gasteiger partial charge in [-0.25, -0.2) is 0 Å². The fourth-order valence-electron chi connectivity index (χ4n) is 3.99. The van der Waals surface area contributed by atoms with Crippen LogP contribution in [-0.2, 0) is 11.3 Å². The van der Waals surface area contributed by atoms with Crippen LogP contribution in [0.4, 0.5) is 0 Å². The maximum absolute atomic E-state index is 12.8. The van der Waals surface area contributed by atoms with E-state index in [1.54, 1.807) is 14.2 Å². The number of piperazine rings is 1. The number of hydrogen-bond acceptors (Lipinski definition) is 5. The second-order valence-electron chi connectivity index (χ2n) is 7.36. The molecule has 3 rings (SSSR count). The third-order valence-corrected chi connectivity index (χ3v) is 5.54. The van der Waals surface area contributed by atoms with Gasteiger partial charge in [-0.2, -0.15) is 0 Å². The van der Waals surface area contributed by atoms with E-state index < -0.39 is 0 Å². The van der Waals surface area contributed by atoms with Crippen LogP contribution in [0.5, 0.6) is 11.5 Å². The maximum atomic E-state index is 12.8. The summed E-state index contributed by atoms with van der Waals surface area (Å²) in [6.45, 7) is 7.34. The van der Waals surface area contributed by atoms with E-state index in [4.69, 9.17) is 9.47 Å². The highest BCUT2D eigenvalue weighted by atomic mass is 16.5. The molecule has 0 aliphatic carbocycles. The predicted octanol–water partition coefficient (Wildman–Crippen LogP) is 1.74. The molecule has 1 amide bonds. The van der Waals surface area contributed by atoms with E-state index in [1.807, 2.05) is 18.2 Å². The van der Waals surface area contributed by atoms with Crippen molar-refractivity contribution in [3.63, 3.8) is 0 Å². The Balaban J connectivity index is 1.55. The van der Waals surface area contributed by atoms with E-state index in [1.165, 1.54) is 0 Å². The monoisotopic (exact) mass is 361 g/mol. The second-order valence-corrected chi connectivity index (χ2v) is 7.36. The number of amides is 1. The van der Waals surface area contributed by atoms with E-state index in [2.05, 4.69) is 22.0 Å². The average Bonchev–Trinajstić information content (AvgIpc) is 2.68. The third kappa shape index (κ3) is 4.48. The van der Waals surface area contributed by atoms with Crippen LogP contribution in [-0.4, -0.2) is 68.7 Å². The molecule has 0 bridgehead atoms. The SMILES string of the molecule is COc1ccc(OC)c(CN2CCN(C(=O)[C@H]3CCN[C@@H](C)C3)CC2)c1. The van der Waals surface area contributed by atoms with Crippen LogP contribution < -0.4 is 14.8 Å². The molecule has 0 aromatic heterocycles. The van der Waals surface area contributed by atoms with Gasteiger partial charge >= 0.3 is 0 Å². The van der Waals surface area contributed by atoms with Gasteiger partial charge < -0.3 is 19.7 Å². The van der Waals surface area contributed by atoms with Gasteiger partial charge in [0, 0.05) is 50.2 Å². The molecule has 2 fully saturated rings. The summed E-state index contributed by atoms with van der Waals surface area (Å²) in [6, 6.07) is 6.34. The second kappa shape index (κ2) is 8.73. The molecule has 2 saturated heterocycles. The van der Waals surface area contributed by atoms with Crippen LogP contribution in [0.15, 0.2) is 18.2 Å². The summed E-state index contributed by atoms with van der Waals surface area (Å²) in [6.07, 6.45) is 1.92. The van der Waals surface area contributed by atoms with Crippen molar-refractivity contribution in [3.05, 3.63) is 23.8 Å². The first kappa shape index (κ1) is 19.0. The number of methoxy groups -OCH3 is 2. The Kier molecular flexibility index (Phi) is 6.38. The Morgan fingerprint density at radius 1 is 1.19 bits per heavy atom. The molecule has 0 saturated carbocycles. The smallest absolute Gasteiger partial charge is 0.225 e. The third-order valence-electron chi connectivity index (χ3n) is 5.54. The van der Waals surface area contributed by atoms with Crippen molar-refractivity contribution >= 4 is 5.91 Å². The first-order chi connectivity index (χ1) is 12.6. The van der Waals surface area contributed by atoms with Gasteiger partial charge in [-0.3, -0.25) is 9.69 Å². The molecule has 144 valence electrons. The lowest BCUT2D eigenvalue weighted by atomic mass is 9.92. The zero-order valence-corrected chi connectivity index (χ0v) is 16.2. The lowest BCUT2D eigenvalue weighted by molar-refractivity contribution is -0.138. The zero-order valence-electron chi connectivity index (χ0n) is 16.2. The summed E-state index contributed by atoms with van der Waals surface area (Å²) < 4.78 is 10.8. The van der Waals surface area contributed by atoms with Crippen LogP contribution in [0.3, 0.4) is 0 Å². The van der Waals surface area contributed by atoms with Crippen molar-refractivity contribution in [1.29, 1.82) is 0 Å².